The molecule has 0 aliphatic heterocycles. The monoisotopic (exact) mass is 302 g/mol. The molecule has 0 heterocycles. The first-order valence-electron chi connectivity index (χ1n) is 7.79. The Balaban J connectivity index is 4.37. The zero-order valence-corrected chi connectivity index (χ0v) is 14.8. The molecule has 0 aromatic heterocycles. The van der Waals surface area contributed by atoms with Gasteiger partial charge in [0.15, 0.2) is 0 Å². The van der Waals surface area contributed by atoms with Crippen LogP contribution < -0.4 is 5.32 Å². The summed E-state index contributed by atoms with van der Waals surface area (Å²) < 4.78 is 5.47. The van der Waals surface area contributed by atoms with Crippen molar-refractivity contribution in [2.45, 2.75) is 66.0 Å². The number of hydrogen-bond donors (Lipinski definition) is 2. The van der Waals surface area contributed by atoms with Gasteiger partial charge in [0.1, 0.15) is 5.60 Å². The maximum absolute atomic E-state index is 12.3. The second kappa shape index (κ2) is 8.59. The Bertz CT molecular complexity index is 306. The van der Waals surface area contributed by atoms with Crippen molar-refractivity contribution >= 4 is 6.09 Å². The number of carbonyl (C=O) groups excluding carboxylic acids is 1. The third-order valence-corrected chi connectivity index (χ3v) is 3.05. The molecular weight excluding hydrogens is 268 g/mol. The minimum absolute atomic E-state index is 0.217. The van der Waals surface area contributed by atoms with Gasteiger partial charge in [-0.3, -0.25) is 0 Å². The molecule has 126 valence electrons. The lowest BCUT2D eigenvalue weighted by Crippen LogP contribution is -2.50. The van der Waals surface area contributed by atoms with Crippen molar-refractivity contribution < 1.29 is 14.6 Å². The fourth-order valence-corrected chi connectivity index (χ4v) is 1.88. The van der Waals surface area contributed by atoms with E-state index in [-0.39, 0.29) is 18.2 Å². The van der Waals surface area contributed by atoms with Crippen molar-refractivity contribution in [3.8, 4) is 0 Å². The minimum atomic E-state index is -0.482. The van der Waals surface area contributed by atoms with Crippen LogP contribution >= 0.6 is 0 Å². The van der Waals surface area contributed by atoms with Crippen molar-refractivity contribution in [2.75, 3.05) is 26.2 Å². The Kier molecular flexibility index (Phi) is 8.26. The first-order valence-corrected chi connectivity index (χ1v) is 7.79. The fraction of sp³-hybridized carbons (Fsp3) is 0.938. The molecule has 0 aliphatic carbocycles. The summed E-state index contributed by atoms with van der Waals surface area (Å²) in [6.07, 6.45) is 0.516. The maximum atomic E-state index is 12.3. The molecule has 0 saturated heterocycles. The number of nitrogens with one attached hydrogen (secondary N) is 1. The zero-order valence-electron chi connectivity index (χ0n) is 14.8. The van der Waals surface area contributed by atoms with E-state index in [9.17, 15) is 4.79 Å². The van der Waals surface area contributed by atoms with Gasteiger partial charge in [-0.1, -0.05) is 6.92 Å². The highest BCUT2D eigenvalue weighted by Crippen LogP contribution is 2.17. The molecule has 2 N–H and O–H groups in total. The normalized spacial score (nSPS) is 13.9. The standard InChI is InChI=1S/C16H34N2O3/c1-13(8-11-19)12-17-9-10-18(15(2,3)4)14(20)21-16(5,6)7/h13,17,19H,8-12H2,1-7H3. The van der Waals surface area contributed by atoms with Gasteiger partial charge in [-0.05, 0) is 60.4 Å². The van der Waals surface area contributed by atoms with Crippen LogP contribution in [0.1, 0.15) is 54.9 Å². The molecule has 0 rings (SSSR count). The second-order valence-corrected chi connectivity index (χ2v) is 7.62. The Morgan fingerprint density at radius 1 is 1.24 bits per heavy atom. The van der Waals surface area contributed by atoms with Gasteiger partial charge in [0.25, 0.3) is 0 Å². The summed E-state index contributed by atoms with van der Waals surface area (Å²) in [5.74, 6) is 0.430. The van der Waals surface area contributed by atoms with Crippen LogP contribution in [0.5, 0.6) is 0 Å². The van der Waals surface area contributed by atoms with E-state index in [1.807, 2.05) is 41.5 Å². The maximum Gasteiger partial charge on any atom is 0.410 e. The lowest BCUT2D eigenvalue weighted by Gasteiger charge is -2.37. The molecule has 21 heavy (non-hydrogen) atoms. The molecular formula is C16H34N2O3. The molecule has 0 radical (unpaired) electrons. The van der Waals surface area contributed by atoms with E-state index in [1.165, 1.54) is 0 Å². The van der Waals surface area contributed by atoms with Crippen molar-refractivity contribution in [3.63, 3.8) is 0 Å². The zero-order chi connectivity index (χ0) is 16.7. The molecule has 0 aromatic rings. The van der Waals surface area contributed by atoms with Crippen LogP contribution in [0.15, 0.2) is 0 Å². The SMILES string of the molecule is CC(CCO)CNCCN(C(=O)OC(C)(C)C)C(C)(C)C. The van der Waals surface area contributed by atoms with Gasteiger partial charge in [-0.25, -0.2) is 4.79 Å². The van der Waals surface area contributed by atoms with Crippen LogP contribution in [0.4, 0.5) is 4.79 Å². The molecule has 1 atom stereocenters. The third kappa shape index (κ3) is 9.69. The number of aliphatic hydroxyl groups is 1. The number of ether oxygens (including phenoxy) is 1. The number of hydrogen-bond acceptors (Lipinski definition) is 4. The van der Waals surface area contributed by atoms with E-state index in [0.717, 1.165) is 13.0 Å². The Hall–Kier alpha value is -0.810. The highest BCUT2D eigenvalue weighted by Gasteiger charge is 2.30. The second-order valence-electron chi connectivity index (χ2n) is 7.62. The van der Waals surface area contributed by atoms with Crippen LogP contribution in [0.2, 0.25) is 0 Å². The summed E-state index contributed by atoms with van der Waals surface area (Å²) in [4.78, 5) is 14.0. The van der Waals surface area contributed by atoms with E-state index < -0.39 is 5.60 Å². The van der Waals surface area contributed by atoms with Crippen molar-refractivity contribution in [1.29, 1.82) is 0 Å². The van der Waals surface area contributed by atoms with Gasteiger partial charge in [-0.15, -0.1) is 0 Å². The molecule has 1 unspecified atom stereocenters. The predicted molar refractivity (Wildman–Crippen MR) is 86.4 cm³/mol. The highest BCUT2D eigenvalue weighted by atomic mass is 16.6. The van der Waals surface area contributed by atoms with E-state index in [1.54, 1.807) is 4.90 Å². The minimum Gasteiger partial charge on any atom is -0.444 e. The number of amides is 1. The average Bonchev–Trinajstić information content (AvgIpc) is 2.24. The van der Waals surface area contributed by atoms with Gasteiger partial charge < -0.3 is 20.1 Å². The average molecular weight is 302 g/mol. The van der Waals surface area contributed by atoms with E-state index >= 15 is 0 Å². The Morgan fingerprint density at radius 2 is 1.81 bits per heavy atom. The summed E-state index contributed by atoms with van der Waals surface area (Å²) in [7, 11) is 0. The molecule has 0 spiro atoms. The van der Waals surface area contributed by atoms with E-state index in [0.29, 0.717) is 19.0 Å². The summed E-state index contributed by atoms with van der Waals surface area (Å²) >= 11 is 0. The number of rotatable bonds is 7. The summed E-state index contributed by atoms with van der Waals surface area (Å²) in [5, 5.41) is 12.2. The van der Waals surface area contributed by atoms with Gasteiger partial charge >= 0.3 is 6.09 Å². The van der Waals surface area contributed by atoms with Gasteiger partial charge in [0, 0.05) is 25.2 Å². The molecule has 0 fully saturated rings. The van der Waals surface area contributed by atoms with E-state index in [4.69, 9.17) is 9.84 Å². The van der Waals surface area contributed by atoms with E-state index in [2.05, 4.69) is 12.2 Å². The molecule has 0 aliphatic rings. The van der Waals surface area contributed by atoms with Crippen molar-refractivity contribution in [1.82, 2.24) is 10.2 Å². The third-order valence-electron chi connectivity index (χ3n) is 3.05. The first-order chi connectivity index (χ1) is 9.47. The number of aliphatic hydroxyl groups excluding tert-OH is 1. The lowest BCUT2D eigenvalue weighted by molar-refractivity contribution is 0.00661. The van der Waals surface area contributed by atoms with Crippen LogP contribution in [-0.2, 0) is 4.74 Å². The van der Waals surface area contributed by atoms with Gasteiger partial charge in [0.05, 0.1) is 0 Å². The Morgan fingerprint density at radius 3 is 2.24 bits per heavy atom. The molecule has 5 nitrogen and oxygen atoms in total. The smallest absolute Gasteiger partial charge is 0.410 e. The Labute approximate surface area is 130 Å². The van der Waals surface area contributed by atoms with Crippen LogP contribution in [-0.4, -0.2) is 53.5 Å². The first kappa shape index (κ1) is 20.2. The van der Waals surface area contributed by atoms with Gasteiger partial charge in [0.2, 0.25) is 0 Å². The molecule has 5 heteroatoms. The summed E-state index contributed by atoms with van der Waals surface area (Å²) in [6, 6.07) is 0. The van der Waals surface area contributed by atoms with Crippen LogP contribution in [0, 0.1) is 5.92 Å². The van der Waals surface area contributed by atoms with Gasteiger partial charge in [-0.2, -0.15) is 0 Å². The number of carbonyl (C=O) groups is 1. The largest absolute Gasteiger partial charge is 0.444 e. The van der Waals surface area contributed by atoms with Crippen molar-refractivity contribution in [3.05, 3.63) is 0 Å². The topological polar surface area (TPSA) is 61.8 Å². The summed E-state index contributed by atoms with van der Waals surface area (Å²) in [5.41, 5.74) is -0.760. The molecule has 0 saturated carbocycles. The van der Waals surface area contributed by atoms with Crippen LogP contribution in [0.25, 0.3) is 0 Å². The molecule has 0 bridgehead atoms. The molecule has 0 aromatic carbocycles. The van der Waals surface area contributed by atoms with Crippen molar-refractivity contribution in [2.24, 2.45) is 5.92 Å². The fourth-order valence-electron chi connectivity index (χ4n) is 1.88. The highest BCUT2D eigenvalue weighted by molar-refractivity contribution is 5.69. The van der Waals surface area contributed by atoms with Crippen LogP contribution in [0.3, 0.4) is 0 Å². The predicted octanol–water partition coefficient (Wildman–Crippen LogP) is 2.63. The molecule has 1 amide bonds. The summed E-state index contributed by atoms with van der Waals surface area (Å²) in [6.45, 7) is 16.1. The quantitative estimate of drug-likeness (QED) is 0.710. The lowest BCUT2D eigenvalue weighted by atomic mass is 10.1. The number of nitrogens with zero attached hydrogens (tertiary/aromatic N) is 1.